The molecule has 2 fully saturated rings. The summed E-state index contributed by atoms with van der Waals surface area (Å²) in [5, 5.41) is 16.3. The molecule has 0 saturated carbocycles. The maximum atomic E-state index is 12.8. The van der Waals surface area contributed by atoms with E-state index < -0.39 is 5.91 Å². The number of rotatable bonds is 6. The second-order valence-electron chi connectivity index (χ2n) is 10.8. The van der Waals surface area contributed by atoms with Gasteiger partial charge in [0.05, 0.1) is 5.56 Å². The van der Waals surface area contributed by atoms with Gasteiger partial charge in [0.2, 0.25) is 17.8 Å². The number of nitrogens with zero attached hydrogens (tertiary/aromatic N) is 5. The summed E-state index contributed by atoms with van der Waals surface area (Å²) < 4.78 is 0. The number of benzene rings is 2. The smallest absolute Gasteiger partial charge is 0.259 e. The third-order valence-electron chi connectivity index (χ3n) is 6.98. The van der Waals surface area contributed by atoms with Gasteiger partial charge in [-0.15, -0.1) is 0 Å². The molecule has 3 aromatic rings. The van der Waals surface area contributed by atoms with Gasteiger partial charge in [-0.25, -0.2) is 0 Å². The van der Waals surface area contributed by atoms with Crippen LogP contribution in [0.1, 0.15) is 28.8 Å². The number of hydrogen-bond acceptors (Lipinski definition) is 12. The van der Waals surface area contributed by atoms with Gasteiger partial charge >= 0.3 is 0 Å². The van der Waals surface area contributed by atoms with E-state index in [-0.39, 0.29) is 35.5 Å². The Morgan fingerprint density at radius 3 is 1.93 bits per heavy atom. The topological polar surface area (TPSA) is 211 Å². The van der Waals surface area contributed by atoms with Gasteiger partial charge in [-0.05, 0) is 55.7 Å². The number of aryl methyl sites for hydroxylation is 1. The summed E-state index contributed by atoms with van der Waals surface area (Å²) >= 11 is 0. The van der Waals surface area contributed by atoms with E-state index >= 15 is 0 Å². The minimum atomic E-state index is -0.421. The van der Waals surface area contributed by atoms with Crippen LogP contribution in [0.2, 0.25) is 0 Å². The van der Waals surface area contributed by atoms with Crippen LogP contribution in [0.4, 0.5) is 29.2 Å². The van der Waals surface area contributed by atoms with Crippen LogP contribution in [0.15, 0.2) is 42.5 Å². The number of nitrogens with one attached hydrogen (secondary N) is 2. The molecule has 2 aromatic carbocycles. The van der Waals surface area contributed by atoms with Gasteiger partial charge < -0.3 is 48.5 Å². The van der Waals surface area contributed by atoms with Crippen molar-refractivity contribution in [2.45, 2.75) is 43.9 Å². The highest BCUT2D eigenvalue weighted by Crippen LogP contribution is 2.26. The van der Waals surface area contributed by atoms with E-state index in [0.29, 0.717) is 55.4 Å². The first-order valence-corrected chi connectivity index (χ1v) is 13.4. The van der Waals surface area contributed by atoms with Crippen LogP contribution in [-0.2, 0) is 0 Å². The molecule has 3 heterocycles. The molecule has 1 aromatic heterocycles. The van der Waals surface area contributed by atoms with Gasteiger partial charge in [-0.2, -0.15) is 15.0 Å². The number of anilines is 5. The Balaban J connectivity index is 1.41. The fraction of sp³-hybridized carbons (Fsp3) is 0.407. The Labute approximate surface area is 233 Å². The first-order chi connectivity index (χ1) is 19.1. The van der Waals surface area contributed by atoms with Gasteiger partial charge in [0.25, 0.3) is 5.91 Å². The number of carbonyl (C=O) groups excluding carboxylic acids is 1. The molecular formula is C27H37N11O2. The van der Waals surface area contributed by atoms with Crippen molar-refractivity contribution >= 4 is 35.1 Å². The maximum absolute atomic E-state index is 12.8. The van der Waals surface area contributed by atoms with E-state index in [9.17, 15) is 9.90 Å². The number of piperidine rings is 2. The zero-order valence-corrected chi connectivity index (χ0v) is 22.5. The number of carbonyl (C=O) groups is 1. The van der Waals surface area contributed by atoms with E-state index in [2.05, 4.69) is 20.6 Å². The van der Waals surface area contributed by atoms with Gasteiger partial charge in [-0.3, -0.25) is 4.79 Å². The Hall–Kier alpha value is -4.04. The number of amides is 1. The van der Waals surface area contributed by atoms with Gasteiger partial charge in [0, 0.05) is 61.7 Å². The first-order valence-electron chi connectivity index (χ1n) is 13.4. The molecular weight excluding hydrogens is 510 g/mol. The van der Waals surface area contributed by atoms with Gasteiger partial charge in [-0.1, -0.05) is 12.1 Å². The van der Waals surface area contributed by atoms with E-state index in [0.717, 1.165) is 18.4 Å². The quantitative estimate of drug-likeness (QED) is 0.226. The summed E-state index contributed by atoms with van der Waals surface area (Å²) in [6.45, 7) is 4.13. The molecule has 0 unspecified atom stereocenters. The number of phenolic OH excluding ortho intramolecular Hbond substituents is 1. The molecule has 11 N–H and O–H groups in total. The van der Waals surface area contributed by atoms with Gasteiger partial charge in [0.1, 0.15) is 5.75 Å². The second kappa shape index (κ2) is 11.6. The molecule has 2 saturated heterocycles. The Kier molecular flexibility index (Phi) is 7.98. The molecule has 0 radical (unpaired) electrons. The van der Waals surface area contributed by atoms with Crippen LogP contribution in [-0.4, -0.2) is 76.3 Å². The van der Waals surface area contributed by atoms with Gasteiger partial charge in [0.15, 0.2) is 0 Å². The van der Waals surface area contributed by atoms with Crippen molar-refractivity contribution in [3.05, 3.63) is 53.6 Å². The predicted molar refractivity (Wildman–Crippen MR) is 156 cm³/mol. The summed E-state index contributed by atoms with van der Waals surface area (Å²) in [6.07, 6.45) is 1.46. The molecule has 212 valence electrons. The van der Waals surface area contributed by atoms with Crippen molar-refractivity contribution in [3.63, 3.8) is 0 Å². The lowest BCUT2D eigenvalue weighted by atomic mass is 10.0. The average molecular weight is 548 g/mol. The summed E-state index contributed by atoms with van der Waals surface area (Å²) in [4.78, 5) is 30.9. The fourth-order valence-electron chi connectivity index (χ4n) is 5.21. The van der Waals surface area contributed by atoms with Crippen molar-refractivity contribution in [2.24, 2.45) is 22.9 Å². The number of nitrogens with two attached hydrogens (primary N) is 4. The van der Waals surface area contributed by atoms with E-state index in [1.807, 2.05) is 22.8 Å². The highest BCUT2D eigenvalue weighted by molar-refractivity contribution is 6.06. The molecule has 13 nitrogen and oxygen atoms in total. The number of aromatic nitrogens is 3. The lowest BCUT2D eigenvalue weighted by molar-refractivity contribution is 0.102. The molecule has 4 atom stereocenters. The molecule has 2 aliphatic heterocycles. The summed E-state index contributed by atoms with van der Waals surface area (Å²) in [6, 6.07) is 11.7. The summed E-state index contributed by atoms with van der Waals surface area (Å²) in [5.74, 6) is 0.747. The normalized spacial score (nSPS) is 23.1. The zero-order chi connectivity index (χ0) is 28.4. The molecule has 1 amide bonds. The zero-order valence-electron chi connectivity index (χ0n) is 22.5. The molecule has 0 bridgehead atoms. The average Bonchev–Trinajstić information content (AvgIpc) is 2.87. The van der Waals surface area contributed by atoms with E-state index in [4.69, 9.17) is 27.9 Å². The third-order valence-corrected chi connectivity index (χ3v) is 6.98. The highest BCUT2D eigenvalue weighted by Gasteiger charge is 2.28. The van der Waals surface area contributed by atoms with Crippen LogP contribution in [0, 0.1) is 6.92 Å². The summed E-state index contributed by atoms with van der Waals surface area (Å²) in [7, 11) is 0. The van der Waals surface area contributed by atoms with Crippen molar-refractivity contribution < 1.29 is 9.90 Å². The molecule has 40 heavy (non-hydrogen) atoms. The Morgan fingerprint density at radius 1 is 0.825 bits per heavy atom. The Bertz CT molecular complexity index is 1310. The van der Waals surface area contributed by atoms with Crippen LogP contribution >= 0.6 is 0 Å². The molecule has 0 spiro atoms. The van der Waals surface area contributed by atoms with Crippen molar-refractivity contribution in [3.8, 4) is 5.75 Å². The molecule has 5 rings (SSSR count). The number of hydrogen-bond donors (Lipinski definition) is 7. The molecule has 13 heteroatoms. The van der Waals surface area contributed by atoms with Crippen LogP contribution < -0.4 is 43.4 Å². The lowest BCUT2D eigenvalue weighted by Crippen LogP contribution is -2.54. The fourth-order valence-corrected chi connectivity index (χ4v) is 5.21. The van der Waals surface area contributed by atoms with Crippen molar-refractivity contribution in [2.75, 3.05) is 46.6 Å². The molecule has 2 aliphatic rings. The van der Waals surface area contributed by atoms with Crippen LogP contribution in [0.25, 0.3) is 0 Å². The van der Waals surface area contributed by atoms with Crippen molar-refractivity contribution in [1.82, 2.24) is 15.0 Å². The highest BCUT2D eigenvalue weighted by atomic mass is 16.3. The molecule has 0 aliphatic carbocycles. The maximum Gasteiger partial charge on any atom is 0.259 e. The first kappa shape index (κ1) is 27.5. The predicted octanol–water partition coefficient (Wildman–Crippen LogP) is 0.611. The Morgan fingerprint density at radius 2 is 1.38 bits per heavy atom. The SMILES string of the molecule is Cc1ccc(C(=O)Nc2cccc(Nc3nc(N4C[C@H](N)C[C@H](N)C4)nc(N4C[C@H](N)C[C@H](N)C4)n3)c2)c(O)c1. The third kappa shape index (κ3) is 6.57. The minimum Gasteiger partial charge on any atom is -0.507 e. The number of aromatic hydroxyl groups is 1. The largest absolute Gasteiger partial charge is 0.507 e. The van der Waals surface area contributed by atoms with E-state index in [1.165, 1.54) is 0 Å². The van der Waals surface area contributed by atoms with Crippen LogP contribution in [0.5, 0.6) is 5.75 Å². The number of phenols is 1. The monoisotopic (exact) mass is 547 g/mol. The van der Waals surface area contributed by atoms with Crippen LogP contribution in [0.3, 0.4) is 0 Å². The minimum absolute atomic E-state index is 0.0775. The lowest BCUT2D eigenvalue weighted by Gasteiger charge is -2.37. The van der Waals surface area contributed by atoms with Crippen molar-refractivity contribution in [1.29, 1.82) is 0 Å². The standard InChI is InChI=1S/C27H37N11O2/c1-15-5-6-22(23(39)7-15)24(40)32-20-3-2-4-21(10-20)33-25-34-26(37-11-16(28)8-17(29)12-37)36-27(35-25)38-13-18(30)9-19(31)14-38/h2-7,10,16-19,39H,8-9,11-14,28-31H2,1H3,(H,32,40)(H,33,34,35,36)/t16-,17+,18-,19+. The summed E-state index contributed by atoms with van der Waals surface area (Å²) in [5.41, 5.74) is 27.2. The second-order valence-corrected chi connectivity index (χ2v) is 10.8. The van der Waals surface area contributed by atoms with E-state index in [1.54, 1.807) is 36.4 Å².